The van der Waals surface area contributed by atoms with Crippen LogP contribution in [-0.2, 0) is 20.9 Å². The number of hydrogen-bond acceptors (Lipinski definition) is 5. The molecule has 0 aromatic heterocycles. The Morgan fingerprint density at radius 2 is 1.91 bits per heavy atom. The van der Waals surface area contributed by atoms with E-state index >= 15 is 0 Å². The van der Waals surface area contributed by atoms with Crippen molar-refractivity contribution in [2.24, 2.45) is 5.92 Å². The van der Waals surface area contributed by atoms with Gasteiger partial charge in [0.2, 0.25) is 5.91 Å². The molecule has 0 unspecified atom stereocenters. The van der Waals surface area contributed by atoms with Crippen molar-refractivity contribution in [2.75, 3.05) is 7.11 Å². The van der Waals surface area contributed by atoms with Gasteiger partial charge in [0.05, 0.1) is 13.0 Å². The summed E-state index contributed by atoms with van der Waals surface area (Å²) in [5.41, 5.74) is 0.790. The van der Waals surface area contributed by atoms with E-state index < -0.39 is 29.9 Å². The summed E-state index contributed by atoms with van der Waals surface area (Å²) in [7, 11) is 1.57. The number of esters is 1. The Bertz CT molecular complexity index is 585. The number of amides is 3. The highest BCUT2D eigenvalue weighted by Gasteiger charge is 2.40. The molecule has 1 saturated heterocycles. The predicted molar refractivity (Wildman–Crippen MR) is 81.7 cm³/mol. The van der Waals surface area contributed by atoms with Crippen molar-refractivity contribution in [3.63, 3.8) is 0 Å². The van der Waals surface area contributed by atoms with Crippen molar-refractivity contribution in [1.82, 2.24) is 10.6 Å². The van der Waals surface area contributed by atoms with Crippen LogP contribution in [0.5, 0.6) is 5.75 Å². The van der Waals surface area contributed by atoms with Gasteiger partial charge < -0.3 is 14.8 Å². The number of urea groups is 1. The van der Waals surface area contributed by atoms with Gasteiger partial charge in [-0.2, -0.15) is 0 Å². The highest BCUT2D eigenvalue weighted by molar-refractivity contribution is 6.02. The number of rotatable bonds is 6. The molecule has 0 radical (unpaired) electrons. The van der Waals surface area contributed by atoms with Crippen molar-refractivity contribution in [1.29, 1.82) is 0 Å². The lowest BCUT2D eigenvalue weighted by Gasteiger charge is -2.29. The van der Waals surface area contributed by atoms with E-state index in [1.165, 1.54) is 0 Å². The molecule has 0 bridgehead atoms. The topological polar surface area (TPSA) is 93.7 Å². The second kappa shape index (κ2) is 7.62. The number of methoxy groups -OCH3 is 1. The van der Waals surface area contributed by atoms with E-state index in [0.29, 0.717) is 12.2 Å². The van der Waals surface area contributed by atoms with Gasteiger partial charge in [0.15, 0.2) is 0 Å². The Morgan fingerprint density at radius 3 is 2.52 bits per heavy atom. The van der Waals surface area contributed by atoms with Gasteiger partial charge in [0.25, 0.3) is 0 Å². The van der Waals surface area contributed by atoms with E-state index in [1.54, 1.807) is 31.4 Å². The number of benzene rings is 1. The molecule has 3 amide bonds. The van der Waals surface area contributed by atoms with Crippen LogP contribution in [0.2, 0.25) is 0 Å². The molecule has 0 aliphatic carbocycles. The molecule has 1 aliphatic heterocycles. The standard InChI is InChI=1S/C16H20N2O5/c1-3-4-12-13(17-16(21)18-14(12)19)15(20)23-9-10-5-7-11(22-2)8-6-10/h5-8,12-13H,3-4,9H2,1-2H3,(H2,17,18,19,21)/t12-,13+/m1/s1. The average Bonchev–Trinajstić information content (AvgIpc) is 2.55. The molecule has 0 saturated carbocycles. The lowest BCUT2D eigenvalue weighted by Crippen LogP contribution is -2.61. The van der Waals surface area contributed by atoms with Crippen molar-refractivity contribution < 1.29 is 23.9 Å². The SMILES string of the molecule is CCC[C@H]1C(=O)NC(=O)N[C@@H]1C(=O)OCc1ccc(OC)cc1. The minimum atomic E-state index is -0.950. The van der Waals surface area contributed by atoms with Gasteiger partial charge in [0, 0.05) is 0 Å². The fraction of sp³-hybridized carbons (Fsp3) is 0.438. The molecule has 7 nitrogen and oxygen atoms in total. The van der Waals surface area contributed by atoms with Gasteiger partial charge in [-0.1, -0.05) is 25.5 Å². The second-order valence-electron chi connectivity index (χ2n) is 5.29. The number of hydrogen-bond donors (Lipinski definition) is 2. The summed E-state index contributed by atoms with van der Waals surface area (Å²) in [4.78, 5) is 35.5. The molecule has 2 N–H and O–H groups in total. The lowest BCUT2D eigenvalue weighted by molar-refractivity contribution is -0.151. The third kappa shape index (κ3) is 4.21. The van der Waals surface area contributed by atoms with Crippen molar-refractivity contribution in [2.45, 2.75) is 32.4 Å². The molecular weight excluding hydrogens is 300 g/mol. The van der Waals surface area contributed by atoms with Crippen LogP contribution in [0.1, 0.15) is 25.3 Å². The minimum absolute atomic E-state index is 0.0651. The van der Waals surface area contributed by atoms with Gasteiger partial charge in [-0.25, -0.2) is 9.59 Å². The Balaban J connectivity index is 1.99. The van der Waals surface area contributed by atoms with Crippen LogP contribution in [0.4, 0.5) is 4.79 Å². The maximum atomic E-state index is 12.2. The first kappa shape index (κ1) is 16.8. The quantitative estimate of drug-likeness (QED) is 0.772. The molecule has 1 aliphatic rings. The molecule has 7 heteroatoms. The monoisotopic (exact) mass is 320 g/mol. The molecule has 1 aromatic carbocycles. The maximum absolute atomic E-state index is 12.2. The highest BCUT2D eigenvalue weighted by atomic mass is 16.5. The number of nitrogens with one attached hydrogen (secondary N) is 2. The third-order valence-electron chi connectivity index (χ3n) is 3.66. The lowest BCUT2D eigenvalue weighted by atomic mass is 9.92. The normalized spacial score (nSPS) is 20.4. The zero-order valence-electron chi connectivity index (χ0n) is 13.1. The van der Waals surface area contributed by atoms with Crippen molar-refractivity contribution >= 4 is 17.9 Å². The minimum Gasteiger partial charge on any atom is -0.497 e. The third-order valence-corrected chi connectivity index (χ3v) is 3.66. The fourth-order valence-electron chi connectivity index (χ4n) is 2.43. The van der Waals surface area contributed by atoms with E-state index in [1.807, 2.05) is 6.92 Å². The zero-order valence-corrected chi connectivity index (χ0v) is 13.1. The summed E-state index contributed by atoms with van der Waals surface area (Å²) < 4.78 is 10.3. The predicted octanol–water partition coefficient (Wildman–Crippen LogP) is 1.36. The van der Waals surface area contributed by atoms with Crippen molar-refractivity contribution in [3.05, 3.63) is 29.8 Å². The van der Waals surface area contributed by atoms with Crippen LogP contribution >= 0.6 is 0 Å². The molecule has 2 rings (SSSR count). The molecule has 0 spiro atoms. The molecule has 124 valence electrons. The number of imide groups is 1. The molecule has 1 heterocycles. The van der Waals surface area contributed by atoms with Gasteiger partial charge in [-0.05, 0) is 24.1 Å². The first-order valence-electron chi connectivity index (χ1n) is 7.46. The van der Waals surface area contributed by atoms with Gasteiger partial charge >= 0.3 is 12.0 Å². The Kier molecular flexibility index (Phi) is 5.56. The Hall–Kier alpha value is -2.57. The van der Waals surface area contributed by atoms with Crippen LogP contribution in [0.3, 0.4) is 0 Å². The summed E-state index contributed by atoms with van der Waals surface area (Å²) in [5, 5.41) is 4.65. The molecule has 2 atom stereocenters. The van der Waals surface area contributed by atoms with Gasteiger partial charge in [-0.3, -0.25) is 10.1 Å². The van der Waals surface area contributed by atoms with Crippen LogP contribution < -0.4 is 15.4 Å². The Labute approximate surface area is 134 Å². The van der Waals surface area contributed by atoms with E-state index in [0.717, 1.165) is 12.0 Å². The van der Waals surface area contributed by atoms with Crippen molar-refractivity contribution in [3.8, 4) is 5.75 Å². The largest absolute Gasteiger partial charge is 0.497 e. The van der Waals surface area contributed by atoms with Gasteiger partial charge in [-0.15, -0.1) is 0 Å². The first-order chi connectivity index (χ1) is 11.0. The zero-order chi connectivity index (χ0) is 16.8. The van der Waals surface area contributed by atoms with Crippen LogP contribution in [0, 0.1) is 5.92 Å². The molecule has 23 heavy (non-hydrogen) atoms. The maximum Gasteiger partial charge on any atom is 0.329 e. The smallest absolute Gasteiger partial charge is 0.329 e. The highest BCUT2D eigenvalue weighted by Crippen LogP contribution is 2.18. The van der Waals surface area contributed by atoms with Gasteiger partial charge in [0.1, 0.15) is 18.4 Å². The van der Waals surface area contributed by atoms with E-state index in [4.69, 9.17) is 9.47 Å². The summed E-state index contributed by atoms with van der Waals surface area (Å²) >= 11 is 0. The van der Waals surface area contributed by atoms with Crippen LogP contribution in [0.15, 0.2) is 24.3 Å². The van der Waals surface area contributed by atoms with E-state index in [2.05, 4.69) is 10.6 Å². The second-order valence-corrected chi connectivity index (χ2v) is 5.29. The van der Waals surface area contributed by atoms with Crippen LogP contribution in [0.25, 0.3) is 0 Å². The number of carbonyl (C=O) groups is 3. The van der Waals surface area contributed by atoms with E-state index in [-0.39, 0.29) is 6.61 Å². The Morgan fingerprint density at radius 1 is 1.22 bits per heavy atom. The average molecular weight is 320 g/mol. The molecule has 1 fully saturated rings. The molecule has 1 aromatic rings. The summed E-state index contributed by atoms with van der Waals surface area (Å²) in [5.74, 6) is -0.954. The number of carbonyl (C=O) groups excluding carboxylic acids is 3. The molecular formula is C16H20N2O5. The fourth-order valence-corrected chi connectivity index (χ4v) is 2.43. The number of ether oxygens (including phenoxy) is 2. The summed E-state index contributed by atoms with van der Waals surface area (Å²) in [6.45, 7) is 1.97. The first-order valence-corrected chi connectivity index (χ1v) is 7.46. The van der Waals surface area contributed by atoms with Crippen LogP contribution in [-0.4, -0.2) is 31.1 Å². The van der Waals surface area contributed by atoms with E-state index in [9.17, 15) is 14.4 Å². The summed E-state index contributed by atoms with van der Waals surface area (Å²) in [6, 6.07) is 5.46. The summed E-state index contributed by atoms with van der Waals surface area (Å²) in [6.07, 6.45) is 1.21.